The van der Waals surface area contributed by atoms with Gasteiger partial charge in [-0.05, 0) is 66.1 Å². The molecule has 0 saturated carbocycles. The highest BCUT2D eigenvalue weighted by molar-refractivity contribution is 5.88. The van der Waals surface area contributed by atoms with Gasteiger partial charge in [-0.3, -0.25) is 0 Å². The molecule has 1 atom stereocenters. The molecule has 1 aliphatic heterocycles. The molecule has 0 spiro atoms. The number of benzene rings is 3. The molecular formula is C26H30N2. The lowest BCUT2D eigenvalue weighted by molar-refractivity contribution is 0.590. The molecule has 2 nitrogen and oxygen atoms in total. The Hall–Kier alpha value is -2.74. The van der Waals surface area contributed by atoms with Crippen molar-refractivity contribution in [3.63, 3.8) is 0 Å². The van der Waals surface area contributed by atoms with Crippen LogP contribution in [0.15, 0.2) is 60.7 Å². The first-order valence-electron chi connectivity index (χ1n) is 10.1. The van der Waals surface area contributed by atoms with Gasteiger partial charge in [-0.25, -0.2) is 0 Å². The van der Waals surface area contributed by atoms with E-state index in [1.165, 1.54) is 44.9 Å². The standard InChI is InChI=1S/C26H30N2/c1-17-11-7-8-12-20(17)21-13-9-16-24(18(21)2)28-19(3)27-23-15-10-14-22(25(23)28)26(4,5)6/h7-16,19,27H,1-6H3/t19-/m1/s1. The van der Waals surface area contributed by atoms with Crippen LogP contribution in [0.2, 0.25) is 0 Å². The summed E-state index contributed by atoms with van der Waals surface area (Å²) in [5, 5.41) is 3.68. The second kappa shape index (κ2) is 6.70. The molecule has 2 heteroatoms. The first-order chi connectivity index (χ1) is 13.3. The molecule has 0 fully saturated rings. The molecule has 144 valence electrons. The van der Waals surface area contributed by atoms with Crippen LogP contribution in [0.1, 0.15) is 44.4 Å². The number of hydrogen-bond acceptors (Lipinski definition) is 2. The Bertz CT molecular complexity index is 1030. The van der Waals surface area contributed by atoms with Crippen LogP contribution in [0.5, 0.6) is 0 Å². The van der Waals surface area contributed by atoms with Crippen molar-refractivity contribution < 1.29 is 0 Å². The minimum atomic E-state index is 0.0802. The van der Waals surface area contributed by atoms with E-state index in [0.717, 1.165) is 0 Å². The molecule has 0 unspecified atom stereocenters. The molecule has 1 N–H and O–H groups in total. The summed E-state index contributed by atoms with van der Waals surface area (Å²) in [4.78, 5) is 2.48. The van der Waals surface area contributed by atoms with Gasteiger partial charge in [-0.15, -0.1) is 0 Å². The summed E-state index contributed by atoms with van der Waals surface area (Å²) < 4.78 is 0. The van der Waals surface area contributed by atoms with E-state index in [-0.39, 0.29) is 11.6 Å². The van der Waals surface area contributed by atoms with Gasteiger partial charge < -0.3 is 10.2 Å². The van der Waals surface area contributed by atoms with Crippen LogP contribution < -0.4 is 10.2 Å². The van der Waals surface area contributed by atoms with E-state index < -0.39 is 0 Å². The van der Waals surface area contributed by atoms with Crippen LogP contribution in [0.3, 0.4) is 0 Å². The summed E-state index contributed by atoms with van der Waals surface area (Å²) in [6.07, 6.45) is 0.212. The second-order valence-corrected chi connectivity index (χ2v) is 8.91. The fourth-order valence-electron chi connectivity index (χ4n) is 4.39. The maximum Gasteiger partial charge on any atom is 0.101 e. The summed E-state index contributed by atoms with van der Waals surface area (Å²) in [5.74, 6) is 0. The first kappa shape index (κ1) is 18.6. The van der Waals surface area contributed by atoms with Gasteiger partial charge in [-0.1, -0.05) is 69.3 Å². The molecule has 3 aromatic rings. The van der Waals surface area contributed by atoms with E-state index in [1.54, 1.807) is 0 Å². The summed E-state index contributed by atoms with van der Waals surface area (Å²) >= 11 is 0. The van der Waals surface area contributed by atoms with E-state index in [2.05, 4.69) is 112 Å². The van der Waals surface area contributed by atoms with E-state index in [0.29, 0.717) is 0 Å². The summed E-state index contributed by atoms with van der Waals surface area (Å²) in [6.45, 7) is 13.6. The number of aryl methyl sites for hydroxylation is 1. The number of nitrogens with one attached hydrogen (secondary N) is 1. The summed E-state index contributed by atoms with van der Waals surface area (Å²) in [5.41, 5.74) is 10.5. The van der Waals surface area contributed by atoms with Crippen LogP contribution in [-0.2, 0) is 5.41 Å². The fraction of sp³-hybridized carbons (Fsp3) is 0.308. The predicted molar refractivity (Wildman–Crippen MR) is 122 cm³/mol. The van der Waals surface area contributed by atoms with Crippen molar-refractivity contribution in [3.8, 4) is 11.1 Å². The summed E-state index contributed by atoms with van der Waals surface area (Å²) in [7, 11) is 0. The second-order valence-electron chi connectivity index (χ2n) is 8.91. The quantitative estimate of drug-likeness (QED) is 0.514. The van der Waals surface area contributed by atoms with Crippen molar-refractivity contribution in [2.75, 3.05) is 10.2 Å². The molecule has 0 radical (unpaired) electrons. The molecule has 3 aromatic carbocycles. The van der Waals surface area contributed by atoms with Crippen LogP contribution in [0.4, 0.5) is 17.1 Å². The minimum Gasteiger partial charge on any atom is -0.363 e. The van der Waals surface area contributed by atoms with Crippen LogP contribution in [0.25, 0.3) is 11.1 Å². The maximum absolute atomic E-state index is 3.68. The molecule has 4 rings (SSSR count). The fourth-order valence-corrected chi connectivity index (χ4v) is 4.39. The number of para-hydroxylation sites is 1. The molecule has 0 aliphatic carbocycles. The third-order valence-corrected chi connectivity index (χ3v) is 5.84. The van der Waals surface area contributed by atoms with Gasteiger partial charge in [0, 0.05) is 5.69 Å². The predicted octanol–water partition coefficient (Wildman–Crippen LogP) is 7.18. The highest BCUT2D eigenvalue weighted by Crippen LogP contribution is 2.47. The van der Waals surface area contributed by atoms with E-state index in [9.17, 15) is 0 Å². The number of rotatable bonds is 2. The van der Waals surface area contributed by atoms with Crippen molar-refractivity contribution in [1.29, 1.82) is 0 Å². The highest BCUT2D eigenvalue weighted by Gasteiger charge is 2.33. The van der Waals surface area contributed by atoms with E-state index >= 15 is 0 Å². The van der Waals surface area contributed by atoms with E-state index in [1.807, 2.05) is 0 Å². The molecule has 0 bridgehead atoms. The number of nitrogens with zero attached hydrogens (tertiary/aromatic N) is 1. The number of anilines is 3. The SMILES string of the molecule is Cc1ccccc1-c1cccc(N2c3c(cccc3C(C)(C)C)N[C@H]2C)c1C. The Balaban J connectivity index is 1.91. The zero-order chi connectivity index (χ0) is 20.1. The topological polar surface area (TPSA) is 15.3 Å². The zero-order valence-corrected chi connectivity index (χ0v) is 17.8. The smallest absolute Gasteiger partial charge is 0.101 e. The Morgan fingerprint density at radius 2 is 1.50 bits per heavy atom. The lowest BCUT2D eigenvalue weighted by Crippen LogP contribution is -2.30. The largest absolute Gasteiger partial charge is 0.363 e. The van der Waals surface area contributed by atoms with Crippen LogP contribution in [-0.4, -0.2) is 6.17 Å². The Morgan fingerprint density at radius 1 is 0.821 bits per heavy atom. The average Bonchev–Trinajstić information content (AvgIpc) is 2.97. The summed E-state index contributed by atoms with van der Waals surface area (Å²) in [6, 6.07) is 22.0. The molecule has 0 aromatic heterocycles. The Labute approximate surface area is 169 Å². The third kappa shape index (κ3) is 2.97. The molecular weight excluding hydrogens is 340 g/mol. The molecule has 0 amide bonds. The van der Waals surface area contributed by atoms with Gasteiger partial charge in [-0.2, -0.15) is 0 Å². The minimum absolute atomic E-state index is 0.0802. The van der Waals surface area contributed by atoms with Gasteiger partial charge in [0.1, 0.15) is 6.17 Å². The third-order valence-electron chi connectivity index (χ3n) is 5.84. The molecule has 28 heavy (non-hydrogen) atoms. The van der Waals surface area contributed by atoms with Crippen molar-refractivity contribution >= 4 is 17.1 Å². The van der Waals surface area contributed by atoms with Crippen LogP contribution in [0, 0.1) is 13.8 Å². The molecule has 1 heterocycles. The van der Waals surface area contributed by atoms with Gasteiger partial charge in [0.15, 0.2) is 0 Å². The zero-order valence-electron chi connectivity index (χ0n) is 17.8. The Morgan fingerprint density at radius 3 is 2.21 bits per heavy atom. The van der Waals surface area contributed by atoms with Crippen molar-refractivity contribution in [2.24, 2.45) is 0 Å². The van der Waals surface area contributed by atoms with Gasteiger partial charge >= 0.3 is 0 Å². The molecule has 1 aliphatic rings. The van der Waals surface area contributed by atoms with Crippen LogP contribution >= 0.6 is 0 Å². The lowest BCUT2D eigenvalue weighted by atomic mass is 9.85. The van der Waals surface area contributed by atoms with Crippen molar-refractivity contribution in [1.82, 2.24) is 0 Å². The van der Waals surface area contributed by atoms with Crippen molar-refractivity contribution in [3.05, 3.63) is 77.4 Å². The van der Waals surface area contributed by atoms with E-state index in [4.69, 9.17) is 0 Å². The first-order valence-corrected chi connectivity index (χ1v) is 10.1. The molecule has 0 saturated heterocycles. The lowest BCUT2D eigenvalue weighted by Gasteiger charge is -2.31. The van der Waals surface area contributed by atoms with Gasteiger partial charge in [0.2, 0.25) is 0 Å². The number of hydrogen-bond donors (Lipinski definition) is 1. The monoisotopic (exact) mass is 370 g/mol. The Kier molecular flexibility index (Phi) is 4.45. The van der Waals surface area contributed by atoms with Gasteiger partial charge in [0.05, 0.1) is 11.4 Å². The average molecular weight is 371 g/mol. The highest BCUT2D eigenvalue weighted by atomic mass is 15.3. The normalized spacial score (nSPS) is 16.1. The maximum atomic E-state index is 3.68. The van der Waals surface area contributed by atoms with Gasteiger partial charge in [0.25, 0.3) is 0 Å². The van der Waals surface area contributed by atoms with Crippen molar-refractivity contribution in [2.45, 2.75) is 53.1 Å². The number of fused-ring (bicyclic) bond motifs is 1.